The van der Waals surface area contributed by atoms with E-state index in [2.05, 4.69) is 115 Å². The molecule has 4 aromatic rings. The van der Waals surface area contributed by atoms with E-state index in [0.29, 0.717) is 24.3 Å². The average molecular weight is 775 g/mol. The third kappa shape index (κ3) is 12.5. The first-order valence-electron chi connectivity index (χ1n) is 18.6. The Morgan fingerprint density at radius 1 is 0.800 bits per heavy atom. The zero-order valence-electron chi connectivity index (χ0n) is 32.7. The molecule has 0 unspecified atom stereocenters. The number of nitrogens with one attached hydrogen (secondary N) is 1. The minimum atomic E-state index is -0.633. The van der Waals surface area contributed by atoms with E-state index < -0.39 is 11.8 Å². The van der Waals surface area contributed by atoms with Crippen LogP contribution < -0.4 is 11.5 Å². The summed E-state index contributed by atoms with van der Waals surface area (Å²) in [5, 5.41) is 9.59. The monoisotopic (exact) mass is 774 g/mol. The molecule has 55 heavy (non-hydrogen) atoms. The van der Waals surface area contributed by atoms with Crippen LogP contribution in [0.1, 0.15) is 82.8 Å². The van der Waals surface area contributed by atoms with Crippen molar-refractivity contribution >= 4 is 34.8 Å². The number of hydrogen-bond acceptors (Lipinski definition) is 8. The van der Waals surface area contributed by atoms with Gasteiger partial charge in [0, 0.05) is 62.7 Å². The summed E-state index contributed by atoms with van der Waals surface area (Å²) in [6.07, 6.45) is 6.75. The number of aromatic nitrogens is 4. The lowest BCUT2D eigenvalue weighted by atomic mass is 9.97. The van der Waals surface area contributed by atoms with E-state index in [9.17, 15) is 19.2 Å². The van der Waals surface area contributed by atoms with Crippen LogP contribution in [0.2, 0.25) is 0 Å². The van der Waals surface area contributed by atoms with Gasteiger partial charge in [0.15, 0.2) is 5.69 Å². The average Bonchev–Trinajstić information content (AvgIpc) is 3.86. The number of benzene rings is 2. The Labute approximate surface area is 328 Å². The van der Waals surface area contributed by atoms with E-state index in [1.54, 1.807) is 4.90 Å². The molecule has 0 spiro atoms. The number of amides is 4. The van der Waals surface area contributed by atoms with Crippen molar-refractivity contribution in [3.63, 3.8) is 0 Å². The molecule has 2 aromatic carbocycles. The highest BCUT2D eigenvalue weighted by molar-refractivity contribution is 6.62. The van der Waals surface area contributed by atoms with Gasteiger partial charge in [0.25, 0.3) is 11.8 Å². The van der Waals surface area contributed by atoms with Gasteiger partial charge >= 0.3 is 11.4 Å². The highest BCUT2D eigenvalue weighted by atomic mass is 35.5. The van der Waals surface area contributed by atoms with Gasteiger partial charge in [-0.25, -0.2) is 4.79 Å². The fourth-order valence-electron chi connectivity index (χ4n) is 7.18. The van der Waals surface area contributed by atoms with Crippen LogP contribution in [0, 0.1) is 13.8 Å². The van der Waals surface area contributed by atoms with E-state index in [0.717, 1.165) is 45.3 Å². The summed E-state index contributed by atoms with van der Waals surface area (Å²) in [5.74, 6) is -1.12. The second-order valence-electron chi connectivity index (χ2n) is 14.6. The van der Waals surface area contributed by atoms with Crippen LogP contribution in [0.5, 0.6) is 0 Å². The maximum absolute atomic E-state index is 12.7. The van der Waals surface area contributed by atoms with Crippen LogP contribution in [-0.2, 0) is 13.1 Å². The molecular weight excluding hydrogens is 720 g/mol. The highest BCUT2D eigenvalue weighted by Gasteiger charge is 2.32. The van der Waals surface area contributed by atoms with Gasteiger partial charge in [-0.15, -0.1) is 0 Å². The summed E-state index contributed by atoms with van der Waals surface area (Å²) in [6.45, 7) is 11.6. The topological polar surface area (TPSA) is 180 Å². The lowest BCUT2D eigenvalue weighted by Gasteiger charge is -2.40. The van der Waals surface area contributed by atoms with Gasteiger partial charge in [-0.1, -0.05) is 59.7 Å². The number of carbonyl (C=O) groups is 4. The summed E-state index contributed by atoms with van der Waals surface area (Å²) in [5.41, 5.74) is 15.7. The lowest BCUT2D eigenvalue weighted by molar-refractivity contribution is 0.0970. The number of primary amides is 2. The Hall–Kier alpha value is -5.05. The molecule has 6 rings (SSSR count). The fourth-order valence-corrected chi connectivity index (χ4v) is 7.43. The van der Waals surface area contributed by atoms with Crippen LogP contribution in [-0.4, -0.2) is 114 Å². The zero-order chi connectivity index (χ0) is 40.2. The molecule has 0 radical (unpaired) electrons. The molecule has 5 N–H and O–H groups in total. The Morgan fingerprint density at radius 2 is 1.33 bits per heavy atom. The van der Waals surface area contributed by atoms with E-state index in [1.807, 2.05) is 4.90 Å². The van der Waals surface area contributed by atoms with Gasteiger partial charge in [-0.2, -0.15) is 14.9 Å². The molecule has 4 amide bonds. The minimum absolute atomic E-state index is 0.0948. The second kappa shape index (κ2) is 20.0. The lowest BCUT2D eigenvalue weighted by Crippen LogP contribution is -2.51. The third-order valence-corrected chi connectivity index (χ3v) is 10.5. The van der Waals surface area contributed by atoms with Crippen LogP contribution >= 0.6 is 11.6 Å². The van der Waals surface area contributed by atoms with Crippen LogP contribution in [0.25, 0.3) is 0 Å². The van der Waals surface area contributed by atoms with Gasteiger partial charge in [-0.05, 0) is 102 Å². The number of halogens is 1. The summed E-state index contributed by atoms with van der Waals surface area (Å²) < 4.78 is 1.20. The van der Waals surface area contributed by atoms with Crippen molar-refractivity contribution in [3.05, 3.63) is 107 Å². The van der Waals surface area contributed by atoms with Crippen molar-refractivity contribution < 1.29 is 19.2 Å². The highest BCUT2D eigenvalue weighted by Crippen LogP contribution is 2.25. The maximum Gasteiger partial charge on any atom is 0.344 e. The largest absolute Gasteiger partial charge is 0.364 e. The fraction of sp³-hybridized carbons (Fsp3) is 0.450. The smallest absolute Gasteiger partial charge is 0.344 e. The molecule has 0 saturated carbocycles. The van der Waals surface area contributed by atoms with Crippen molar-refractivity contribution in [2.75, 3.05) is 27.2 Å². The van der Waals surface area contributed by atoms with E-state index in [1.165, 1.54) is 51.5 Å². The van der Waals surface area contributed by atoms with Gasteiger partial charge in [0.05, 0.1) is 0 Å². The van der Waals surface area contributed by atoms with Crippen molar-refractivity contribution in [2.45, 2.75) is 90.6 Å². The Balaban J connectivity index is 0.000000209. The van der Waals surface area contributed by atoms with Crippen LogP contribution in [0.15, 0.2) is 73.1 Å². The standard InChI is InChI=1S/C20H27N5O2.C16H23ClN2O.C4H5N3O/c1-14-5-4-6-16(11-14)13-23(3)17-7-9-24(15(2)12-17)20(27)25-10-8-18(22-25)19(21)26;1-12-5-4-6-14(9-12)11-18(3)15-7-8-19(16(17)20)13(2)10-15;5-4(8)3-1-2-6-7-3/h4-6,8,10-11,15,17H,7,9,12-13H2,1-3H3,(H2,21,26);4-6,9,13,15H,7-8,10-11H2,1-3H3;1-2H,(H2,5,8)(H,6,7)/t15-,17-;13-,15-;/m00./s1. The number of carbonyl (C=O) groups excluding carboxylic acids is 4. The molecule has 15 heteroatoms. The molecule has 14 nitrogen and oxygen atoms in total. The first-order valence-corrected chi connectivity index (χ1v) is 18.9. The predicted molar refractivity (Wildman–Crippen MR) is 214 cm³/mol. The number of H-pyrrole nitrogens is 1. The first kappa shape index (κ1) is 42.7. The molecule has 0 bridgehead atoms. The van der Waals surface area contributed by atoms with Crippen molar-refractivity contribution in [3.8, 4) is 0 Å². The van der Waals surface area contributed by atoms with E-state index in [-0.39, 0.29) is 29.2 Å². The number of aromatic amines is 1. The van der Waals surface area contributed by atoms with E-state index in [4.69, 9.17) is 23.1 Å². The Bertz CT molecular complexity index is 1880. The molecule has 2 aliphatic rings. The summed E-state index contributed by atoms with van der Waals surface area (Å²) >= 11 is 5.60. The molecule has 2 saturated heterocycles. The molecule has 4 atom stereocenters. The van der Waals surface area contributed by atoms with Crippen LogP contribution in [0.4, 0.5) is 9.59 Å². The number of likely N-dealkylation sites (tertiary alicyclic amines) is 2. The zero-order valence-corrected chi connectivity index (χ0v) is 33.4. The van der Waals surface area contributed by atoms with Gasteiger partial charge < -0.3 is 21.3 Å². The molecule has 2 aliphatic heterocycles. The number of nitrogens with zero attached hydrogens (tertiary/aromatic N) is 7. The van der Waals surface area contributed by atoms with Crippen LogP contribution in [0.3, 0.4) is 0 Å². The van der Waals surface area contributed by atoms with Crippen molar-refractivity contribution in [1.82, 2.24) is 39.6 Å². The predicted octanol–water partition coefficient (Wildman–Crippen LogP) is 5.39. The normalized spacial score (nSPS) is 19.6. The third-order valence-electron chi connectivity index (χ3n) is 10.2. The second-order valence-corrected chi connectivity index (χ2v) is 15.0. The van der Waals surface area contributed by atoms with Gasteiger partial charge in [0.1, 0.15) is 5.69 Å². The molecule has 4 heterocycles. The number of piperidine rings is 2. The number of rotatable bonds is 8. The molecule has 2 aromatic heterocycles. The van der Waals surface area contributed by atoms with Crippen molar-refractivity contribution in [1.29, 1.82) is 0 Å². The number of nitrogens with two attached hydrogens (primary N) is 2. The molecule has 0 aliphatic carbocycles. The minimum Gasteiger partial charge on any atom is -0.364 e. The van der Waals surface area contributed by atoms with Gasteiger partial charge in [-0.3, -0.25) is 29.3 Å². The SMILES string of the molecule is Cc1cccc(CN(C)[C@H]2CCN(C(=O)Cl)[C@@H](C)C2)c1.Cc1cccc(CN(C)[C@H]2CCN(C(=O)n3ccc(C(N)=O)n3)[C@@H](C)C2)c1.NC(=O)c1ccn[nH]1. The molecule has 296 valence electrons. The molecular formula is C40H55ClN10O4. The maximum atomic E-state index is 12.7. The van der Waals surface area contributed by atoms with E-state index >= 15 is 0 Å². The Morgan fingerprint density at radius 3 is 1.71 bits per heavy atom. The first-order chi connectivity index (χ1) is 26.1. The summed E-state index contributed by atoms with van der Waals surface area (Å²) in [7, 11) is 4.31. The number of hydrogen-bond donors (Lipinski definition) is 3. The number of aryl methyl sites for hydroxylation is 2. The van der Waals surface area contributed by atoms with Crippen molar-refractivity contribution in [2.24, 2.45) is 11.5 Å². The quantitative estimate of drug-likeness (QED) is 0.158. The molecule has 2 fully saturated rings. The summed E-state index contributed by atoms with van der Waals surface area (Å²) in [4.78, 5) is 53.7. The van der Waals surface area contributed by atoms with Gasteiger partial charge in [0.2, 0.25) is 0 Å². The summed E-state index contributed by atoms with van der Waals surface area (Å²) in [6, 6.07) is 21.2. The Kier molecular flexibility index (Phi) is 15.6.